The highest BCUT2D eigenvalue weighted by Crippen LogP contribution is 2.30. The lowest BCUT2D eigenvalue weighted by Crippen LogP contribution is -2.47. The van der Waals surface area contributed by atoms with Crippen LogP contribution in [-0.2, 0) is 6.42 Å². The SMILES string of the molecule is CCCc1nnsc1C(=O)NCC1(O)CCC1. The van der Waals surface area contributed by atoms with E-state index >= 15 is 0 Å². The number of nitrogens with one attached hydrogen (secondary N) is 1. The first-order valence-corrected chi connectivity index (χ1v) is 6.74. The van der Waals surface area contributed by atoms with Gasteiger partial charge in [0.05, 0.1) is 11.3 Å². The van der Waals surface area contributed by atoms with Crippen LogP contribution in [0.15, 0.2) is 0 Å². The van der Waals surface area contributed by atoms with Crippen molar-refractivity contribution in [3.63, 3.8) is 0 Å². The molecule has 0 atom stereocenters. The fourth-order valence-electron chi connectivity index (χ4n) is 1.87. The van der Waals surface area contributed by atoms with Crippen LogP contribution in [0.25, 0.3) is 0 Å². The Morgan fingerprint density at radius 3 is 2.94 bits per heavy atom. The Morgan fingerprint density at radius 1 is 1.59 bits per heavy atom. The molecule has 1 heterocycles. The van der Waals surface area contributed by atoms with Crippen LogP contribution in [0.4, 0.5) is 0 Å². The molecular weight excluding hydrogens is 238 g/mol. The van der Waals surface area contributed by atoms with Crippen molar-refractivity contribution in [3.8, 4) is 0 Å². The topological polar surface area (TPSA) is 75.1 Å². The third kappa shape index (κ3) is 2.81. The molecule has 0 spiro atoms. The molecule has 0 saturated heterocycles. The third-order valence-corrected chi connectivity index (χ3v) is 3.88. The predicted octanol–water partition coefficient (Wildman–Crippen LogP) is 1.14. The van der Waals surface area contributed by atoms with Crippen molar-refractivity contribution in [3.05, 3.63) is 10.6 Å². The molecule has 0 bridgehead atoms. The first-order valence-electron chi connectivity index (χ1n) is 5.96. The Bertz CT molecular complexity index is 401. The second-order valence-electron chi connectivity index (χ2n) is 4.56. The number of amides is 1. The van der Waals surface area contributed by atoms with Gasteiger partial charge in [-0.15, -0.1) is 5.10 Å². The zero-order chi connectivity index (χ0) is 12.3. The van der Waals surface area contributed by atoms with Gasteiger partial charge in [0.25, 0.3) is 5.91 Å². The lowest BCUT2D eigenvalue weighted by atomic mass is 9.80. The summed E-state index contributed by atoms with van der Waals surface area (Å²) < 4.78 is 3.81. The van der Waals surface area contributed by atoms with Crippen LogP contribution in [0.2, 0.25) is 0 Å². The molecule has 0 unspecified atom stereocenters. The van der Waals surface area contributed by atoms with Crippen LogP contribution in [-0.4, -0.2) is 32.7 Å². The fourth-order valence-corrected chi connectivity index (χ4v) is 2.49. The van der Waals surface area contributed by atoms with Crippen LogP contribution in [0.3, 0.4) is 0 Å². The van der Waals surface area contributed by atoms with E-state index in [1.165, 1.54) is 0 Å². The van der Waals surface area contributed by atoms with Crippen molar-refractivity contribution in [1.82, 2.24) is 14.9 Å². The van der Waals surface area contributed by atoms with E-state index in [-0.39, 0.29) is 5.91 Å². The van der Waals surface area contributed by atoms with E-state index in [1.54, 1.807) is 0 Å². The fraction of sp³-hybridized carbons (Fsp3) is 0.727. The molecule has 1 aromatic heterocycles. The summed E-state index contributed by atoms with van der Waals surface area (Å²) in [6.45, 7) is 2.37. The van der Waals surface area contributed by atoms with E-state index in [0.29, 0.717) is 11.4 Å². The number of carbonyl (C=O) groups is 1. The predicted molar refractivity (Wildman–Crippen MR) is 65.0 cm³/mol. The quantitative estimate of drug-likeness (QED) is 0.827. The maximum Gasteiger partial charge on any atom is 0.265 e. The molecule has 1 fully saturated rings. The van der Waals surface area contributed by atoms with Crippen molar-refractivity contribution in [2.45, 2.75) is 44.6 Å². The van der Waals surface area contributed by atoms with E-state index in [0.717, 1.165) is 49.3 Å². The van der Waals surface area contributed by atoms with Crippen LogP contribution in [0, 0.1) is 0 Å². The summed E-state index contributed by atoms with van der Waals surface area (Å²) >= 11 is 1.12. The van der Waals surface area contributed by atoms with E-state index in [4.69, 9.17) is 0 Å². The summed E-state index contributed by atoms with van der Waals surface area (Å²) in [5.41, 5.74) is 0.0780. The molecule has 1 aliphatic rings. The average molecular weight is 255 g/mol. The Balaban J connectivity index is 1.92. The Morgan fingerprint density at radius 2 is 2.35 bits per heavy atom. The normalized spacial score (nSPS) is 17.5. The van der Waals surface area contributed by atoms with Gasteiger partial charge in [0.15, 0.2) is 0 Å². The highest BCUT2D eigenvalue weighted by Gasteiger charge is 2.34. The smallest absolute Gasteiger partial charge is 0.265 e. The molecule has 1 aromatic rings. The summed E-state index contributed by atoms with van der Waals surface area (Å²) in [7, 11) is 0. The number of hydrogen-bond acceptors (Lipinski definition) is 5. The van der Waals surface area contributed by atoms with E-state index < -0.39 is 5.60 Å². The second-order valence-corrected chi connectivity index (χ2v) is 5.31. The summed E-state index contributed by atoms with van der Waals surface area (Å²) in [4.78, 5) is 12.5. The first-order chi connectivity index (χ1) is 8.14. The van der Waals surface area contributed by atoms with Crippen LogP contribution in [0.5, 0.6) is 0 Å². The number of aryl methyl sites for hydroxylation is 1. The summed E-state index contributed by atoms with van der Waals surface area (Å²) in [6.07, 6.45) is 4.29. The van der Waals surface area contributed by atoms with Gasteiger partial charge in [-0.25, -0.2) is 0 Å². The average Bonchev–Trinajstić information content (AvgIpc) is 2.72. The Labute approximate surface area is 104 Å². The number of hydrogen-bond donors (Lipinski definition) is 2. The zero-order valence-electron chi connectivity index (χ0n) is 9.90. The highest BCUT2D eigenvalue weighted by molar-refractivity contribution is 7.08. The maximum absolute atomic E-state index is 11.9. The standard InChI is InChI=1S/C11H17N3O2S/c1-2-4-8-9(17-14-13-8)10(15)12-7-11(16)5-3-6-11/h16H,2-7H2,1H3,(H,12,15). The minimum absolute atomic E-state index is 0.163. The van der Waals surface area contributed by atoms with Gasteiger partial charge in [0.1, 0.15) is 4.88 Å². The Hall–Kier alpha value is -1.01. The molecule has 1 aliphatic carbocycles. The lowest BCUT2D eigenvalue weighted by molar-refractivity contribution is -0.0300. The van der Waals surface area contributed by atoms with Crippen molar-refractivity contribution in [2.24, 2.45) is 0 Å². The summed E-state index contributed by atoms with van der Waals surface area (Å²) in [6, 6.07) is 0. The van der Waals surface area contributed by atoms with Crippen molar-refractivity contribution in [1.29, 1.82) is 0 Å². The molecule has 0 aromatic carbocycles. The van der Waals surface area contributed by atoms with E-state index in [2.05, 4.69) is 14.9 Å². The van der Waals surface area contributed by atoms with Crippen LogP contribution >= 0.6 is 11.5 Å². The maximum atomic E-state index is 11.9. The molecule has 6 heteroatoms. The third-order valence-electron chi connectivity index (χ3n) is 3.11. The number of nitrogens with zero attached hydrogens (tertiary/aromatic N) is 2. The Kier molecular flexibility index (Phi) is 3.73. The van der Waals surface area contributed by atoms with Gasteiger partial charge in [-0.3, -0.25) is 4.79 Å². The second kappa shape index (κ2) is 5.10. The molecular formula is C11H17N3O2S. The van der Waals surface area contributed by atoms with Gasteiger partial charge < -0.3 is 10.4 Å². The van der Waals surface area contributed by atoms with E-state index in [9.17, 15) is 9.90 Å². The van der Waals surface area contributed by atoms with Gasteiger partial charge in [0.2, 0.25) is 0 Å². The number of aliphatic hydroxyl groups is 1. The number of rotatable bonds is 5. The molecule has 1 amide bonds. The van der Waals surface area contributed by atoms with Crippen molar-refractivity contribution >= 4 is 17.4 Å². The molecule has 0 radical (unpaired) electrons. The minimum Gasteiger partial charge on any atom is -0.388 e. The van der Waals surface area contributed by atoms with Crippen molar-refractivity contribution < 1.29 is 9.90 Å². The molecule has 2 rings (SSSR count). The zero-order valence-corrected chi connectivity index (χ0v) is 10.7. The first kappa shape index (κ1) is 12.4. The number of aromatic nitrogens is 2. The molecule has 94 valence electrons. The molecule has 1 saturated carbocycles. The van der Waals surface area contributed by atoms with Crippen LogP contribution < -0.4 is 5.32 Å². The van der Waals surface area contributed by atoms with Gasteiger partial charge in [-0.05, 0) is 37.2 Å². The molecule has 17 heavy (non-hydrogen) atoms. The van der Waals surface area contributed by atoms with Gasteiger partial charge in [0, 0.05) is 6.54 Å². The summed E-state index contributed by atoms with van der Waals surface area (Å²) in [5.74, 6) is -0.163. The summed E-state index contributed by atoms with van der Waals surface area (Å²) in [5, 5.41) is 16.6. The molecule has 2 N–H and O–H groups in total. The van der Waals surface area contributed by atoms with Crippen LogP contribution in [0.1, 0.15) is 48.0 Å². The van der Waals surface area contributed by atoms with Gasteiger partial charge in [-0.1, -0.05) is 17.8 Å². The largest absolute Gasteiger partial charge is 0.388 e. The van der Waals surface area contributed by atoms with Gasteiger partial charge in [-0.2, -0.15) is 0 Å². The lowest BCUT2D eigenvalue weighted by Gasteiger charge is -2.36. The van der Waals surface area contributed by atoms with Crippen molar-refractivity contribution in [2.75, 3.05) is 6.54 Å². The van der Waals surface area contributed by atoms with Gasteiger partial charge >= 0.3 is 0 Å². The minimum atomic E-state index is -0.682. The van der Waals surface area contributed by atoms with E-state index in [1.807, 2.05) is 6.92 Å². The molecule has 0 aliphatic heterocycles. The molecule has 5 nitrogen and oxygen atoms in total. The monoisotopic (exact) mass is 255 g/mol. The number of carbonyl (C=O) groups excluding carboxylic acids is 1. The highest BCUT2D eigenvalue weighted by atomic mass is 32.1.